The van der Waals surface area contributed by atoms with Gasteiger partial charge in [0.15, 0.2) is 6.61 Å². The molecule has 0 aliphatic heterocycles. The Hall–Kier alpha value is -1.60. The zero-order valence-corrected chi connectivity index (χ0v) is 11.3. The highest BCUT2D eigenvalue weighted by Gasteiger charge is 2.11. The molecule has 0 aliphatic rings. The van der Waals surface area contributed by atoms with Gasteiger partial charge < -0.3 is 10.5 Å². The molecule has 0 unspecified atom stereocenters. The molecule has 0 amide bonds. The van der Waals surface area contributed by atoms with E-state index in [0.717, 1.165) is 9.04 Å². The van der Waals surface area contributed by atoms with Gasteiger partial charge in [0.1, 0.15) is 12.1 Å². The van der Waals surface area contributed by atoms with E-state index in [4.69, 9.17) is 22.1 Å². The number of carbonyl (C=O) groups is 1. The third-order valence-corrected chi connectivity index (χ3v) is 2.88. The number of nitrogen functional groups attached to an aromatic ring is 1. The first kappa shape index (κ1) is 12.8. The number of hydrogen-bond donors (Lipinski definition) is 1. The molecule has 0 saturated carbocycles. The monoisotopic (exact) mass is 330 g/mol. The van der Waals surface area contributed by atoms with Crippen molar-refractivity contribution in [3.63, 3.8) is 0 Å². The van der Waals surface area contributed by atoms with Crippen molar-refractivity contribution in [2.24, 2.45) is 0 Å². The van der Waals surface area contributed by atoms with Gasteiger partial charge in [0, 0.05) is 4.47 Å². The normalized spacial score (nSPS) is 10.3. The molecule has 6 nitrogen and oxygen atoms in total. The molecule has 1 heterocycles. The summed E-state index contributed by atoms with van der Waals surface area (Å²) >= 11 is 9.22. The molecule has 0 saturated heterocycles. The molecule has 0 spiro atoms. The van der Waals surface area contributed by atoms with E-state index in [0.29, 0.717) is 10.8 Å². The maximum Gasteiger partial charge on any atom is 0.272 e. The van der Waals surface area contributed by atoms with Gasteiger partial charge in [-0.25, -0.2) is 4.57 Å². The summed E-state index contributed by atoms with van der Waals surface area (Å²) < 4.78 is 7.23. The van der Waals surface area contributed by atoms with E-state index in [1.165, 1.54) is 6.33 Å². The quantitative estimate of drug-likeness (QED) is 0.930. The summed E-state index contributed by atoms with van der Waals surface area (Å²) in [6.07, 6.45) is 1.23. The fraction of sp³-hybridized carbons (Fsp3) is 0.100. The second-order valence-electron chi connectivity index (χ2n) is 3.32. The smallest absolute Gasteiger partial charge is 0.272 e. The lowest BCUT2D eigenvalue weighted by Gasteiger charge is -2.07. The Morgan fingerprint density at radius 3 is 2.94 bits per heavy atom. The van der Waals surface area contributed by atoms with Gasteiger partial charge in [-0.3, -0.25) is 4.79 Å². The number of hydrogen-bond acceptors (Lipinski definition) is 5. The van der Waals surface area contributed by atoms with E-state index in [1.807, 2.05) is 0 Å². The average molecular weight is 332 g/mol. The second-order valence-corrected chi connectivity index (χ2v) is 4.64. The maximum atomic E-state index is 11.7. The molecule has 18 heavy (non-hydrogen) atoms. The Labute approximate surface area is 116 Å². The molecule has 2 rings (SSSR count). The summed E-state index contributed by atoms with van der Waals surface area (Å²) in [4.78, 5) is 11.7. The minimum absolute atomic E-state index is 0.0190. The van der Waals surface area contributed by atoms with Crippen LogP contribution < -0.4 is 10.5 Å². The number of rotatable bonds is 3. The lowest BCUT2D eigenvalue weighted by atomic mass is 10.3. The van der Waals surface area contributed by atoms with Crippen molar-refractivity contribution >= 4 is 39.4 Å². The van der Waals surface area contributed by atoms with Gasteiger partial charge in [0.2, 0.25) is 5.95 Å². The van der Waals surface area contributed by atoms with E-state index in [1.54, 1.807) is 18.2 Å². The number of nitrogens with two attached hydrogens (primary N) is 1. The molecule has 0 atom stereocenters. The minimum atomic E-state index is -0.378. The van der Waals surface area contributed by atoms with Gasteiger partial charge >= 0.3 is 0 Å². The van der Waals surface area contributed by atoms with Gasteiger partial charge in [-0.1, -0.05) is 27.5 Å². The third kappa shape index (κ3) is 2.80. The van der Waals surface area contributed by atoms with Crippen LogP contribution in [0.1, 0.15) is 4.79 Å². The van der Waals surface area contributed by atoms with E-state index in [9.17, 15) is 4.79 Å². The number of benzene rings is 1. The molecular formula is C10H8BrClN4O2. The van der Waals surface area contributed by atoms with Crippen molar-refractivity contribution in [3.8, 4) is 5.75 Å². The lowest BCUT2D eigenvalue weighted by molar-refractivity contribution is 0.0840. The van der Waals surface area contributed by atoms with Crippen LogP contribution in [0.5, 0.6) is 5.75 Å². The second kappa shape index (κ2) is 5.36. The topological polar surface area (TPSA) is 83.0 Å². The van der Waals surface area contributed by atoms with Crippen LogP contribution in [0, 0.1) is 0 Å². The predicted molar refractivity (Wildman–Crippen MR) is 69.7 cm³/mol. The largest absolute Gasteiger partial charge is 0.482 e. The Morgan fingerprint density at radius 1 is 1.56 bits per heavy atom. The number of aromatic nitrogens is 3. The van der Waals surface area contributed by atoms with E-state index in [-0.39, 0.29) is 18.5 Å². The zero-order valence-electron chi connectivity index (χ0n) is 9.01. The van der Waals surface area contributed by atoms with Crippen molar-refractivity contribution in [1.29, 1.82) is 0 Å². The van der Waals surface area contributed by atoms with Crippen molar-refractivity contribution < 1.29 is 9.53 Å². The van der Waals surface area contributed by atoms with Crippen LogP contribution in [-0.4, -0.2) is 27.3 Å². The summed E-state index contributed by atoms with van der Waals surface area (Å²) in [7, 11) is 0. The Bertz CT molecular complexity index is 587. The van der Waals surface area contributed by atoms with Gasteiger partial charge in [-0.2, -0.15) is 0 Å². The van der Waals surface area contributed by atoms with Gasteiger partial charge in [-0.15, -0.1) is 10.2 Å². The highest BCUT2D eigenvalue weighted by Crippen LogP contribution is 2.27. The molecule has 94 valence electrons. The molecule has 0 radical (unpaired) electrons. The Morgan fingerprint density at radius 2 is 2.33 bits per heavy atom. The first-order valence-corrected chi connectivity index (χ1v) is 6.01. The van der Waals surface area contributed by atoms with Crippen LogP contribution in [0.2, 0.25) is 5.02 Å². The summed E-state index contributed by atoms with van der Waals surface area (Å²) in [6.45, 7) is -0.205. The SMILES string of the molecule is Nc1nncn1C(=O)COc1ccc(Br)cc1Cl. The first-order valence-electron chi connectivity index (χ1n) is 4.84. The standard InChI is InChI=1S/C10H8BrClN4O2/c11-6-1-2-8(7(12)3-6)18-4-9(17)16-5-14-15-10(16)13/h1-3,5H,4H2,(H2,13,15). The van der Waals surface area contributed by atoms with E-state index >= 15 is 0 Å². The van der Waals surface area contributed by atoms with Gasteiger partial charge in [-0.05, 0) is 18.2 Å². The van der Waals surface area contributed by atoms with Crippen LogP contribution >= 0.6 is 27.5 Å². The van der Waals surface area contributed by atoms with Crippen LogP contribution in [0.4, 0.5) is 5.95 Å². The Balaban J connectivity index is 2.04. The van der Waals surface area contributed by atoms with E-state index in [2.05, 4.69) is 26.1 Å². The summed E-state index contributed by atoms with van der Waals surface area (Å²) in [6, 6.07) is 5.10. The number of carbonyl (C=O) groups excluding carboxylic acids is 1. The number of halogens is 2. The van der Waals surface area contributed by atoms with Crippen LogP contribution in [-0.2, 0) is 0 Å². The molecule has 2 aromatic rings. The molecule has 1 aromatic carbocycles. The van der Waals surface area contributed by atoms with Crippen LogP contribution in [0.3, 0.4) is 0 Å². The highest BCUT2D eigenvalue weighted by molar-refractivity contribution is 9.10. The Kier molecular flexibility index (Phi) is 3.83. The van der Waals surface area contributed by atoms with E-state index < -0.39 is 0 Å². The molecule has 0 fully saturated rings. The molecular weight excluding hydrogens is 323 g/mol. The van der Waals surface area contributed by atoms with Crippen LogP contribution in [0.15, 0.2) is 29.0 Å². The van der Waals surface area contributed by atoms with Crippen LogP contribution in [0.25, 0.3) is 0 Å². The number of anilines is 1. The fourth-order valence-corrected chi connectivity index (χ4v) is 1.97. The minimum Gasteiger partial charge on any atom is -0.482 e. The summed E-state index contributed by atoms with van der Waals surface area (Å²) in [5, 5.41) is 7.42. The molecule has 1 aromatic heterocycles. The maximum absolute atomic E-state index is 11.7. The van der Waals surface area contributed by atoms with Gasteiger partial charge in [0.25, 0.3) is 5.91 Å². The number of ether oxygens (including phenoxy) is 1. The molecule has 8 heteroatoms. The lowest BCUT2D eigenvalue weighted by Crippen LogP contribution is -2.20. The van der Waals surface area contributed by atoms with Crippen molar-refractivity contribution in [2.45, 2.75) is 0 Å². The average Bonchev–Trinajstić information content (AvgIpc) is 2.74. The highest BCUT2D eigenvalue weighted by atomic mass is 79.9. The first-order chi connectivity index (χ1) is 8.58. The molecule has 0 aliphatic carbocycles. The summed E-state index contributed by atoms with van der Waals surface area (Å²) in [5.41, 5.74) is 5.44. The third-order valence-electron chi connectivity index (χ3n) is 2.09. The van der Waals surface area contributed by atoms with Crippen molar-refractivity contribution in [2.75, 3.05) is 12.3 Å². The van der Waals surface area contributed by atoms with Crippen molar-refractivity contribution in [3.05, 3.63) is 34.0 Å². The molecule has 2 N–H and O–H groups in total. The van der Waals surface area contributed by atoms with Crippen molar-refractivity contribution in [1.82, 2.24) is 14.8 Å². The zero-order chi connectivity index (χ0) is 13.1. The molecule has 0 bridgehead atoms. The predicted octanol–water partition coefficient (Wildman–Crippen LogP) is 2.00. The summed E-state index contributed by atoms with van der Waals surface area (Å²) in [5.74, 6) is 0.0573. The number of nitrogens with zero attached hydrogens (tertiary/aromatic N) is 3. The fourth-order valence-electron chi connectivity index (χ4n) is 1.24. The van der Waals surface area contributed by atoms with Gasteiger partial charge in [0.05, 0.1) is 5.02 Å².